The molecule has 1 unspecified atom stereocenters. The van der Waals surface area contributed by atoms with Crippen LogP contribution in [0.15, 0.2) is 36.4 Å². The molecule has 2 aliphatic carbocycles. The molecule has 0 spiro atoms. The highest BCUT2D eigenvalue weighted by atomic mass is 16.5. The molecule has 0 bridgehead atoms. The standard InChI is InChI=1S/C11H14O2.C11H12O2/c2*1-13-9-5-6-10-8(7-9)3-2-4-11(10)12/h5-7,11-12H,2-4H2,1H3;5-7H,2-4H2,1H3. The number of carbonyl (C=O) groups is 1. The van der Waals surface area contributed by atoms with Crippen LogP contribution in [0.3, 0.4) is 0 Å². The van der Waals surface area contributed by atoms with Gasteiger partial charge in [-0.1, -0.05) is 6.07 Å². The smallest absolute Gasteiger partial charge is 0.163 e. The minimum absolute atomic E-state index is 0.268. The van der Waals surface area contributed by atoms with Gasteiger partial charge in [0.05, 0.1) is 20.3 Å². The predicted molar refractivity (Wildman–Crippen MR) is 101 cm³/mol. The number of Topliss-reactive ketones (excluding diaryl/α,β-unsaturated/α-hetero) is 1. The zero-order valence-corrected chi connectivity index (χ0v) is 15.5. The van der Waals surface area contributed by atoms with Gasteiger partial charge in [-0.05, 0) is 79.1 Å². The molecule has 0 radical (unpaired) electrons. The highest BCUT2D eigenvalue weighted by molar-refractivity contribution is 5.98. The number of benzene rings is 2. The summed E-state index contributed by atoms with van der Waals surface area (Å²) < 4.78 is 10.2. The van der Waals surface area contributed by atoms with E-state index in [4.69, 9.17) is 9.47 Å². The molecule has 2 aromatic carbocycles. The van der Waals surface area contributed by atoms with Crippen molar-refractivity contribution in [3.63, 3.8) is 0 Å². The number of carbonyl (C=O) groups excluding carboxylic acids is 1. The minimum atomic E-state index is -0.269. The Bertz CT molecular complexity index is 782. The maximum absolute atomic E-state index is 11.4. The van der Waals surface area contributed by atoms with E-state index in [1.165, 1.54) is 5.56 Å². The van der Waals surface area contributed by atoms with Gasteiger partial charge in [0.1, 0.15) is 11.5 Å². The molecule has 0 saturated carbocycles. The van der Waals surface area contributed by atoms with Crippen molar-refractivity contribution in [1.29, 1.82) is 0 Å². The van der Waals surface area contributed by atoms with Crippen LogP contribution < -0.4 is 9.47 Å². The molecule has 2 aliphatic rings. The van der Waals surface area contributed by atoms with Gasteiger partial charge in [0.2, 0.25) is 0 Å². The van der Waals surface area contributed by atoms with E-state index < -0.39 is 0 Å². The zero-order chi connectivity index (χ0) is 18.5. The van der Waals surface area contributed by atoms with Crippen molar-refractivity contribution in [1.82, 2.24) is 0 Å². The van der Waals surface area contributed by atoms with Gasteiger partial charge in [0.25, 0.3) is 0 Å². The summed E-state index contributed by atoms with van der Waals surface area (Å²) in [6.45, 7) is 0. The third-order valence-corrected chi connectivity index (χ3v) is 5.10. The summed E-state index contributed by atoms with van der Waals surface area (Å²) in [5, 5.41) is 9.68. The van der Waals surface area contributed by atoms with E-state index >= 15 is 0 Å². The molecule has 0 aromatic heterocycles. The quantitative estimate of drug-likeness (QED) is 0.875. The second-order valence-corrected chi connectivity index (χ2v) is 6.77. The monoisotopic (exact) mass is 354 g/mol. The lowest BCUT2D eigenvalue weighted by Crippen LogP contribution is -2.10. The Morgan fingerprint density at radius 2 is 1.54 bits per heavy atom. The number of ketones is 1. The molecule has 1 N–H and O–H groups in total. The minimum Gasteiger partial charge on any atom is -0.497 e. The number of fused-ring (bicyclic) bond motifs is 2. The lowest BCUT2D eigenvalue weighted by molar-refractivity contribution is 0.0972. The highest BCUT2D eigenvalue weighted by Gasteiger charge is 2.18. The molecule has 4 rings (SSSR count). The molecule has 0 heterocycles. The van der Waals surface area contributed by atoms with Crippen LogP contribution in [0.25, 0.3) is 0 Å². The normalized spacial score (nSPS) is 18.1. The first kappa shape index (κ1) is 18.5. The van der Waals surface area contributed by atoms with Crippen molar-refractivity contribution in [2.45, 2.75) is 44.6 Å². The maximum Gasteiger partial charge on any atom is 0.163 e. The van der Waals surface area contributed by atoms with Crippen molar-refractivity contribution in [2.24, 2.45) is 0 Å². The largest absolute Gasteiger partial charge is 0.497 e. The highest BCUT2D eigenvalue weighted by Crippen LogP contribution is 2.31. The molecule has 26 heavy (non-hydrogen) atoms. The average molecular weight is 354 g/mol. The van der Waals surface area contributed by atoms with Crippen molar-refractivity contribution >= 4 is 5.78 Å². The summed E-state index contributed by atoms with van der Waals surface area (Å²) in [4.78, 5) is 11.4. The topological polar surface area (TPSA) is 55.8 Å². The van der Waals surface area contributed by atoms with Gasteiger partial charge in [0, 0.05) is 12.0 Å². The summed E-state index contributed by atoms with van der Waals surface area (Å²) in [6.07, 6.45) is 5.41. The molecule has 0 amide bonds. The summed E-state index contributed by atoms with van der Waals surface area (Å²) in [7, 11) is 3.31. The number of aryl methyl sites for hydroxylation is 2. The van der Waals surface area contributed by atoms with E-state index in [9.17, 15) is 9.90 Å². The van der Waals surface area contributed by atoms with E-state index in [-0.39, 0.29) is 11.9 Å². The van der Waals surface area contributed by atoms with Gasteiger partial charge >= 0.3 is 0 Å². The van der Waals surface area contributed by atoms with E-state index in [1.54, 1.807) is 14.2 Å². The van der Waals surface area contributed by atoms with Crippen molar-refractivity contribution < 1.29 is 19.4 Å². The Morgan fingerprint density at radius 3 is 2.27 bits per heavy atom. The van der Waals surface area contributed by atoms with Gasteiger partial charge < -0.3 is 14.6 Å². The molecule has 4 nitrogen and oxygen atoms in total. The summed E-state index contributed by atoms with van der Waals surface area (Å²) in [5.41, 5.74) is 4.33. The fraction of sp³-hybridized carbons (Fsp3) is 0.409. The van der Waals surface area contributed by atoms with Crippen LogP contribution in [0.1, 0.15) is 58.8 Å². The summed E-state index contributed by atoms with van der Waals surface area (Å²) >= 11 is 0. The number of aliphatic hydroxyl groups excluding tert-OH is 1. The summed E-state index contributed by atoms with van der Waals surface area (Å²) in [6, 6.07) is 11.6. The Balaban J connectivity index is 0.000000151. The lowest BCUT2D eigenvalue weighted by Gasteiger charge is -2.21. The number of hydrogen-bond acceptors (Lipinski definition) is 4. The van der Waals surface area contributed by atoms with Crippen LogP contribution in [0.4, 0.5) is 0 Å². The van der Waals surface area contributed by atoms with Gasteiger partial charge in [-0.3, -0.25) is 4.79 Å². The van der Waals surface area contributed by atoms with Crippen molar-refractivity contribution in [2.75, 3.05) is 14.2 Å². The van der Waals surface area contributed by atoms with E-state index in [1.807, 2.05) is 36.4 Å². The summed E-state index contributed by atoms with van der Waals surface area (Å²) in [5.74, 6) is 1.99. The van der Waals surface area contributed by atoms with Crippen LogP contribution in [-0.4, -0.2) is 25.1 Å². The molecule has 4 heteroatoms. The van der Waals surface area contributed by atoms with Crippen LogP contribution in [-0.2, 0) is 12.8 Å². The fourth-order valence-electron chi connectivity index (χ4n) is 3.64. The first-order chi connectivity index (χ1) is 12.6. The van der Waals surface area contributed by atoms with E-state index in [0.29, 0.717) is 6.42 Å². The Labute approximate surface area is 154 Å². The van der Waals surface area contributed by atoms with Crippen molar-refractivity contribution in [3.8, 4) is 11.5 Å². The number of rotatable bonds is 2. The molecular weight excluding hydrogens is 328 g/mol. The lowest BCUT2D eigenvalue weighted by atomic mass is 9.89. The predicted octanol–water partition coefficient (Wildman–Crippen LogP) is 4.28. The Morgan fingerprint density at radius 1 is 0.885 bits per heavy atom. The fourth-order valence-corrected chi connectivity index (χ4v) is 3.64. The Hall–Kier alpha value is -2.33. The second-order valence-electron chi connectivity index (χ2n) is 6.77. The maximum atomic E-state index is 11.4. The average Bonchev–Trinajstić information content (AvgIpc) is 2.68. The first-order valence-electron chi connectivity index (χ1n) is 9.17. The number of aliphatic hydroxyl groups is 1. The van der Waals surface area contributed by atoms with Gasteiger partial charge in [-0.25, -0.2) is 0 Å². The molecule has 0 fully saturated rings. The molecule has 0 aliphatic heterocycles. The van der Waals surface area contributed by atoms with E-state index in [0.717, 1.165) is 60.3 Å². The Kier molecular flexibility index (Phi) is 5.94. The molecule has 138 valence electrons. The van der Waals surface area contributed by atoms with Crippen LogP contribution in [0.2, 0.25) is 0 Å². The second kappa shape index (κ2) is 8.37. The molecule has 0 saturated heterocycles. The third-order valence-electron chi connectivity index (χ3n) is 5.10. The van der Waals surface area contributed by atoms with Gasteiger partial charge in [-0.2, -0.15) is 0 Å². The molecular formula is C22H26O4. The first-order valence-corrected chi connectivity index (χ1v) is 9.17. The number of hydrogen-bond donors (Lipinski definition) is 1. The number of methoxy groups -OCH3 is 2. The van der Waals surface area contributed by atoms with Crippen molar-refractivity contribution in [3.05, 3.63) is 58.7 Å². The number of ether oxygens (including phenoxy) is 2. The van der Waals surface area contributed by atoms with Crippen LogP contribution in [0.5, 0.6) is 11.5 Å². The van der Waals surface area contributed by atoms with Gasteiger partial charge in [0.15, 0.2) is 5.78 Å². The van der Waals surface area contributed by atoms with Crippen LogP contribution >= 0.6 is 0 Å². The zero-order valence-electron chi connectivity index (χ0n) is 15.5. The molecule has 1 atom stereocenters. The van der Waals surface area contributed by atoms with E-state index in [2.05, 4.69) is 0 Å². The van der Waals surface area contributed by atoms with Crippen LogP contribution in [0, 0.1) is 0 Å². The molecule has 2 aromatic rings. The third kappa shape index (κ3) is 4.07. The van der Waals surface area contributed by atoms with Gasteiger partial charge in [-0.15, -0.1) is 0 Å². The SMILES string of the molecule is COc1ccc2c(c1)CCCC2=O.COc1ccc2c(c1)CCCC2O.